The van der Waals surface area contributed by atoms with E-state index in [0.29, 0.717) is 44.8 Å². The van der Waals surface area contributed by atoms with Crippen molar-refractivity contribution in [2.24, 2.45) is 0 Å². The van der Waals surface area contributed by atoms with E-state index >= 15 is 0 Å². The van der Waals surface area contributed by atoms with Crippen molar-refractivity contribution in [3.63, 3.8) is 0 Å². The molecule has 4 rings (SSSR count). The molecule has 0 bridgehead atoms. The van der Waals surface area contributed by atoms with Gasteiger partial charge in [-0.3, -0.25) is 9.59 Å². The number of carbonyl (C=O) groups excluding carboxylic acids is 2. The highest BCUT2D eigenvalue weighted by Crippen LogP contribution is 2.27. The van der Waals surface area contributed by atoms with Crippen LogP contribution in [0.15, 0.2) is 54.6 Å². The predicted molar refractivity (Wildman–Crippen MR) is 127 cm³/mol. The minimum absolute atomic E-state index is 0.0196. The zero-order valence-electron chi connectivity index (χ0n) is 19.6. The third-order valence-electron chi connectivity index (χ3n) is 6.30. The van der Waals surface area contributed by atoms with Crippen molar-refractivity contribution < 1.29 is 9.59 Å². The summed E-state index contributed by atoms with van der Waals surface area (Å²) in [5.74, 6) is 1.49. The minimum atomic E-state index is -0.505. The van der Waals surface area contributed by atoms with Crippen molar-refractivity contribution >= 4 is 11.8 Å². The third-order valence-corrected chi connectivity index (χ3v) is 6.30. The van der Waals surface area contributed by atoms with E-state index in [1.165, 1.54) is 0 Å². The van der Waals surface area contributed by atoms with Crippen LogP contribution in [-0.4, -0.2) is 62.1 Å². The molecule has 2 heterocycles. The maximum Gasteiger partial charge on any atom is 0.245 e. The molecular weight excluding hydrogens is 414 g/mol. The van der Waals surface area contributed by atoms with E-state index in [1.54, 1.807) is 9.58 Å². The summed E-state index contributed by atoms with van der Waals surface area (Å²) in [5.41, 5.74) is 3.28. The normalized spacial score (nSPS) is 16.3. The number of aryl methyl sites for hydroxylation is 3. The van der Waals surface area contributed by atoms with Crippen molar-refractivity contribution in [1.82, 2.24) is 24.6 Å². The van der Waals surface area contributed by atoms with E-state index in [4.69, 9.17) is 0 Å². The Kier molecular flexibility index (Phi) is 6.87. The number of hydrogen-bond donors (Lipinski definition) is 0. The van der Waals surface area contributed by atoms with Crippen LogP contribution in [0.4, 0.5) is 0 Å². The summed E-state index contributed by atoms with van der Waals surface area (Å²) in [6, 6.07) is 17.8. The van der Waals surface area contributed by atoms with E-state index in [1.807, 2.05) is 56.0 Å². The molecule has 0 unspecified atom stereocenters. The van der Waals surface area contributed by atoms with E-state index in [0.717, 1.165) is 22.5 Å². The monoisotopic (exact) mass is 445 g/mol. The molecule has 7 heteroatoms. The average molecular weight is 446 g/mol. The van der Waals surface area contributed by atoms with Crippen molar-refractivity contribution in [2.75, 3.05) is 19.6 Å². The van der Waals surface area contributed by atoms with Crippen LogP contribution in [0.2, 0.25) is 0 Å². The number of amides is 2. The fourth-order valence-electron chi connectivity index (χ4n) is 4.57. The molecule has 172 valence electrons. The van der Waals surface area contributed by atoms with Gasteiger partial charge in [-0.25, -0.2) is 9.67 Å². The molecule has 0 N–H and O–H groups in total. The Hall–Kier alpha value is -3.48. The highest BCUT2D eigenvalue weighted by molar-refractivity contribution is 5.89. The predicted octanol–water partition coefficient (Wildman–Crippen LogP) is 3.25. The zero-order valence-corrected chi connectivity index (χ0v) is 19.6. The first-order valence-corrected chi connectivity index (χ1v) is 11.6. The van der Waals surface area contributed by atoms with Gasteiger partial charge >= 0.3 is 0 Å². The van der Waals surface area contributed by atoms with Crippen molar-refractivity contribution in [3.8, 4) is 11.1 Å². The lowest BCUT2D eigenvalue weighted by molar-refractivity contribution is -0.151. The summed E-state index contributed by atoms with van der Waals surface area (Å²) in [5, 5.41) is 4.36. The second kappa shape index (κ2) is 9.98. The highest BCUT2D eigenvalue weighted by atomic mass is 16.2. The maximum absolute atomic E-state index is 13.4. The molecule has 1 atom stereocenters. The van der Waals surface area contributed by atoms with Crippen LogP contribution in [0, 0.1) is 13.8 Å². The molecule has 1 aliphatic rings. The van der Waals surface area contributed by atoms with E-state index in [-0.39, 0.29) is 11.8 Å². The molecule has 1 fully saturated rings. The summed E-state index contributed by atoms with van der Waals surface area (Å²) in [6.45, 7) is 7.94. The van der Waals surface area contributed by atoms with Crippen LogP contribution in [-0.2, 0) is 22.6 Å². The summed E-state index contributed by atoms with van der Waals surface area (Å²) >= 11 is 0. The lowest BCUT2D eigenvalue weighted by atomic mass is 9.93. The first-order valence-electron chi connectivity index (χ1n) is 11.6. The van der Waals surface area contributed by atoms with Gasteiger partial charge in [0.25, 0.3) is 0 Å². The van der Waals surface area contributed by atoms with Crippen LogP contribution < -0.4 is 0 Å². The number of piperazine rings is 1. The lowest BCUT2D eigenvalue weighted by Gasteiger charge is -2.40. The standard InChI is InChI=1S/C26H31N5O2/c1-4-29-16-17-30(25(32)14-15-31-20(3)27-19(2)28-31)24(26(29)33)18-22-12-8-9-13-23(22)21-10-6-5-7-11-21/h5-13,24H,4,14-18H2,1-3H3/t24-/m1/s1. The minimum Gasteiger partial charge on any atom is -0.339 e. The Labute approximate surface area is 195 Å². The average Bonchev–Trinajstić information content (AvgIpc) is 3.16. The molecule has 1 aliphatic heterocycles. The number of carbonyl (C=O) groups is 2. The Balaban J connectivity index is 1.57. The van der Waals surface area contributed by atoms with Crippen molar-refractivity contribution in [1.29, 1.82) is 0 Å². The fraction of sp³-hybridized carbons (Fsp3) is 0.385. The molecule has 1 saturated heterocycles. The SMILES string of the molecule is CCN1CCN(C(=O)CCn2nc(C)nc2C)[C@H](Cc2ccccc2-c2ccccc2)C1=O. The summed E-state index contributed by atoms with van der Waals surface area (Å²) in [4.78, 5) is 34.6. The van der Waals surface area contributed by atoms with Gasteiger partial charge in [0.1, 0.15) is 17.7 Å². The van der Waals surface area contributed by atoms with E-state index in [9.17, 15) is 9.59 Å². The molecule has 2 amide bonds. The van der Waals surface area contributed by atoms with Crippen LogP contribution in [0.3, 0.4) is 0 Å². The Morgan fingerprint density at radius 3 is 2.45 bits per heavy atom. The molecule has 0 spiro atoms. The number of benzene rings is 2. The van der Waals surface area contributed by atoms with Gasteiger partial charge in [0.2, 0.25) is 11.8 Å². The number of likely N-dealkylation sites (N-methyl/N-ethyl adjacent to an activating group) is 1. The molecule has 0 radical (unpaired) electrons. The van der Waals surface area contributed by atoms with Crippen LogP contribution >= 0.6 is 0 Å². The summed E-state index contributed by atoms with van der Waals surface area (Å²) in [6.07, 6.45) is 0.785. The van der Waals surface area contributed by atoms with Gasteiger partial charge in [0, 0.05) is 32.5 Å². The Bertz CT molecular complexity index is 1120. The third kappa shape index (κ3) is 4.97. The van der Waals surface area contributed by atoms with Gasteiger partial charge in [-0.1, -0.05) is 54.6 Å². The van der Waals surface area contributed by atoms with Gasteiger partial charge in [0.05, 0.1) is 6.54 Å². The zero-order chi connectivity index (χ0) is 23.4. The second-order valence-corrected chi connectivity index (χ2v) is 8.43. The van der Waals surface area contributed by atoms with Gasteiger partial charge in [-0.05, 0) is 37.5 Å². The molecule has 3 aromatic rings. The molecule has 2 aromatic carbocycles. The molecule has 0 aliphatic carbocycles. The Morgan fingerprint density at radius 1 is 1.03 bits per heavy atom. The van der Waals surface area contributed by atoms with Crippen LogP contribution in [0.5, 0.6) is 0 Å². The van der Waals surface area contributed by atoms with Crippen molar-refractivity contribution in [3.05, 3.63) is 71.8 Å². The highest BCUT2D eigenvalue weighted by Gasteiger charge is 2.37. The summed E-state index contributed by atoms with van der Waals surface area (Å²) < 4.78 is 1.76. The quantitative estimate of drug-likeness (QED) is 0.560. The molecular formula is C26H31N5O2. The van der Waals surface area contributed by atoms with E-state index < -0.39 is 6.04 Å². The number of hydrogen-bond acceptors (Lipinski definition) is 4. The fourth-order valence-corrected chi connectivity index (χ4v) is 4.57. The van der Waals surface area contributed by atoms with Gasteiger partial charge in [-0.15, -0.1) is 0 Å². The molecule has 1 aromatic heterocycles. The number of rotatable bonds is 7. The molecule has 7 nitrogen and oxygen atoms in total. The van der Waals surface area contributed by atoms with Crippen LogP contribution in [0.25, 0.3) is 11.1 Å². The summed E-state index contributed by atoms with van der Waals surface area (Å²) in [7, 11) is 0. The lowest BCUT2D eigenvalue weighted by Crippen LogP contribution is -2.59. The van der Waals surface area contributed by atoms with Crippen molar-refractivity contribution in [2.45, 2.75) is 46.2 Å². The largest absolute Gasteiger partial charge is 0.339 e. The molecule has 0 saturated carbocycles. The second-order valence-electron chi connectivity index (χ2n) is 8.43. The van der Waals surface area contributed by atoms with Crippen LogP contribution in [0.1, 0.15) is 30.6 Å². The van der Waals surface area contributed by atoms with Gasteiger partial charge < -0.3 is 9.80 Å². The number of nitrogens with zero attached hydrogens (tertiary/aromatic N) is 5. The van der Waals surface area contributed by atoms with Gasteiger partial charge in [-0.2, -0.15) is 5.10 Å². The molecule has 33 heavy (non-hydrogen) atoms. The Morgan fingerprint density at radius 2 is 1.76 bits per heavy atom. The smallest absolute Gasteiger partial charge is 0.245 e. The first-order chi connectivity index (χ1) is 16.0. The van der Waals surface area contributed by atoms with Gasteiger partial charge in [0.15, 0.2) is 0 Å². The number of aromatic nitrogens is 3. The van der Waals surface area contributed by atoms with E-state index in [2.05, 4.69) is 34.3 Å². The topological polar surface area (TPSA) is 71.3 Å². The maximum atomic E-state index is 13.4. The first kappa shape index (κ1) is 22.7.